The van der Waals surface area contributed by atoms with Crippen LogP contribution in [0.5, 0.6) is 0 Å². The van der Waals surface area contributed by atoms with Crippen LogP contribution >= 0.6 is 0 Å². The average Bonchev–Trinajstić information content (AvgIpc) is 2.56. The second-order valence-corrected chi connectivity index (χ2v) is 8.18. The van der Waals surface area contributed by atoms with E-state index >= 15 is 0 Å². The average molecular weight is 353 g/mol. The Kier molecular flexibility index (Phi) is 8.33. The van der Waals surface area contributed by atoms with E-state index < -0.39 is 6.10 Å². The molecule has 1 aliphatic rings. The Bertz CT molecular complexity index is 496. The first-order valence-corrected chi connectivity index (χ1v) is 9.69. The molecule has 1 heterocycles. The number of aliphatic hydroxyl groups excluding tert-OH is 1. The van der Waals surface area contributed by atoms with Gasteiger partial charge in [-0.2, -0.15) is 0 Å². The zero-order chi connectivity index (χ0) is 19.3. The zero-order valence-corrected chi connectivity index (χ0v) is 16.9. The second-order valence-electron chi connectivity index (χ2n) is 8.18. The summed E-state index contributed by atoms with van der Waals surface area (Å²) in [5.74, 6) is -0.474. The van der Waals surface area contributed by atoms with E-state index in [0.29, 0.717) is 24.8 Å². The fraction of sp³-hybridized carbons (Fsp3) is 0.810. The predicted octanol–water partition coefficient (Wildman–Crippen LogP) is 4.16. The third kappa shape index (κ3) is 5.95. The van der Waals surface area contributed by atoms with Crippen molar-refractivity contribution in [1.29, 1.82) is 0 Å². The summed E-state index contributed by atoms with van der Waals surface area (Å²) in [6, 6.07) is 0. The molecule has 1 unspecified atom stereocenters. The van der Waals surface area contributed by atoms with Gasteiger partial charge in [-0.25, -0.2) is 0 Å². The molecule has 0 aromatic heterocycles. The molecule has 0 bridgehead atoms. The van der Waals surface area contributed by atoms with Gasteiger partial charge in [-0.1, -0.05) is 47.6 Å². The van der Waals surface area contributed by atoms with Crippen LogP contribution in [-0.2, 0) is 14.3 Å². The number of hydrogen-bond acceptors (Lipinski definition) is 4. The lowest BCUT2D eigenvalue weighted by molar-refractivity contribution is -0.156. The minimum Gasteiger partial charge on any atom is -0.462 e. The van der Waals surface area contributed by atoms with Crippen molar-refractivity contribution in [2.24, 2.45) is 29.6 Å². The molecule has 0 aliphatic carbocycles. The first-order chi connectivity index (χ1) is 11.6. The summed E-state index contributed by atoms with van der Waals surface area (Å²) in [6.45, 7) is 13.6. The fourth-order valence-electron chi connectivity index (χ4n) is 3.96. The maximum atomic E-state index is 12.6. The van der Waals surface area contributed by atoms with E-state index in [2.05, 4.69) is 0 Å². The van der Waals surface area contributed by atoms with E-state index in [1.54, 1.807) is 0 Å². The van der Waals surface area contributed by atoms with Gasteiger partial charge in [0.05, 0.1) is 12.0 Å². The highest BCUT2D eigenvalue weighted by Gasteiger charge is 2.30. The van der Waals surface area contributed by atoms with Crippen molar-refractivity contribution in [3.63, 3.8) is 0 Å². The second kappa shape index (κ2) is 9.51. The van der Waals surface area contributed by atoms with Crippen LogP contribution in [0.3, 0.4) is 0 Å². The molecule has 0 spiro atoms. The van der Waals surface area contributed by atoms with Crippen molar-refractivity contribution >= 4 is 11.8 Å². The van der Waals surface area contributed by atoms with Crippen LogP contribution in [0.25, 0.3) is 0 Å². The standard InChI is InChI=1S/C21H36O4/c1-8-18-12(2)9-13(3)19(22)14(4)10-15(5)20(23)16(6)11-17(7)21(24)25-18/h9,12,14-18,20,23H,8,10-11H2,1-7H3/t12-,14-,15+,16+,17?,18-,20+/m1/s1. The quantitative estimate of drug-likeness (QED) is 0.720. The number of Topliss-reactive ketones (excluding diaryl/α,β-unsaturated/α-hetero) is 1. The normalized spacial score (nSPS) is 39.4. The number of ether oxygens (including phenoxy) is 1. The van der Waals surface area contributed by atoms with E-state index in [0.717, 1.165) is 0 Å². The molecule has 0 saturated heterocycles. The van der Waals surface area contributed by atoms with Crippen LogP contribution in [0.1, 0.15) is 67.7 Å². The van der Waals surface area contributed by atoms with E-state index in [1.165, 1.54) is 0 Å². The Morgan fingerprint density at radius 1 is 1.04 bits per heavy atom. The largest absolute Gasteiger partial charge is 0.462 e. The topological polar surface area (TPSA) is 63.6 Å². The molecule has 25 heavy (non-hydrogen) atoms. The third-order valence-electron chi connectivity index (χ3n) is 5.62. The number of esters is 1. The Morgan fingerprint density at radius 3 is 2.08 bits per heavy atom. The highest BCUT2D eigenvalue weighted by Crippen LogP contribution is 2.28. The van der Waals surface area contributed by atoms with Crippen molar-refractivity contribution < 1.29 is 19.4 Å². The predicted molar refractivity (Wildman–Crippen MR) is 100.0 cm³/mol. The lowest BCUT2D eigenvalue weighted by atomic mass is 9.81. The number of allylic oxidation sites excluding steroid dienone is 1. The van der Waals surface area contributed by atoms with E-state index in [1.807, 2.05) is 54.5 Å². The molecular weight excluding hydrogens is 316 g/mol. The Balaban J connectivity index is 3.14. The molecule has 0 amide bonds. The van der Waals surface area contributed by atoms with Crippen LogP contribution in [0, 0.1) is 29.6 Å². The van der Waals surface area contributed by atoms with Gasteiger partial charge in [0.2, 0.25) is 0 Å². The molecule has 1 aliphatic heterocycles. The minimum atomic E-state index is -0.529. The van der Waals surface area contributed by atoms with E-state index in [4.69, 9.17) is 4.74 Å². The fourth-order valence-corrected chi connectivity index (χ4v) is 3.96. The summed E-state index contributed by atoms with van der Waals surface area (Å²) in [6.07, 6.45) is 3.13. The summed E-state index contributed by atoms with van der Waals surface area (Å²) >= 11 is 0. The SMILES string of the molecule is CC[C@H]1OC(=O)C(C)C[C@H](C)[C@@H](O)[C@@H](C)C[C@@H](C)C(=O)C(C)=C[C@H]1C. The lowest BCUT2D eigenvalue weighted by Crippen LogP contribution is -2.33. The number of rotatable bonds is 1. The van der Waals surface area contributed by atoms with Crippen LogP contribution in [0.15, 0.2) is 11.6 Å². The highest BCUT2D eigenvalue weighted by atomic mass is 16.5. The molecule has 0 radical (unpaired) electrons. The summed E-state index contributed by atoms with van der Waals surface area (Å²) in [4.78, 5) is 25.1. The summed E-state index contributed by atoms with van der Waals surface area (Å²) in [5.41, 5.74) is 0.717. The van der Waals surface area contributed by atoms with Crippen molar-refractivity contribution in [2.45, 2.75) is 79.9 Å². The van der Waals surface area contributed by atoms with Gasteiger partial charge in [0.15, 0.2) is 5.78 Å². The van der Waals surface area contributed by atoms with E-state index in [9.17, 15) is 14.7 Å². The van der Waals surface area contributed by atoms with Crippen LogP contribution in [0.4, 0.5) is 0 Å². The van der Waals surface area contributed by atoms with Crippen LogP contribution in [0.2, 0.25) is 0 Å². The van der Waals surface area contributed by atoms with Gasteiger partial charge in [-0.05, 0) is 43.6 Å². The monoisotopic (exact) mass is 352 g/mol. The first kappa shape index (κ1) is 21.9. The summed E-state index contributed by atoms with van der Waals surface area (Å²) in [7, 11) is 0. The smallest absolute Gasteiger partial charge is 0.308 e. The first-order valence-electron chi connectivity index (χ1n) is 9.69. The number of cyclic esters (lactones) is 1. The van der Waals surface area contributed by atoms with Gasteiger partial charge in [-0.15, -0.1) is 0 Å². The third-order valence-corrected chi connectivity index (χ3v) is 5.62. The molecular formula is C21H36O4. The number of hydrogen-bond donors (Lipinski definition) is 1. The molecule has 0 fully saturated rings. The van der Waals surface area contributed by atoms with Gasteiger partial charge >= 0.3 is 5.97 Å². The number of carbonyl (C=O) groups excluding carboxylic acids is 2. The molecule has 144 valence electrons. The number of aliphatic hydroxyl groups is 1. The van der Waals surface area contributed by atoms with Crippen molar-refractivity contribution in [2.75, 3.05) is 0 Å². The van der Waals surface area contributed by atoms with Gasteiger partial charge in [0, 0.05) is 11.8 Å². The maximum Gasteiger partial charge on any atom is 0.308 e. The number of ketones is 1. The molecule has 7 atom stereocenters. The van der Waals surface area contributed by atoms with Crippen molar-refractivity contribution in [1.82, 2.24) is 0 Å². The maximum absolute atomic E-state index is 12.6. The number of carbonyl (C=O) groups is 2. The van der Waals surface area contributed by atoms with Crippen molar-refractivity contribution in [3.05, 3.63) is 11.6 Å². The molecule has 0 aromatic rings. The van der Waals surface area contributed by atoms with E-state index in [-0.39, 0.29) is 47.4 Å². The van der Waals surface area contributed by atoms with Crippen LogP contribution < -0.4 is 0 Å². The minimum absolute atomic E-state index is 0.000628. The molecule has 0 aromatic carbocycles. The highest BCUT2D eigenvalue weighted by molar-refractivity contribution is 5.96. The van der Waals surface area contributed by atoms with Gasteiger partial charge in [0.1, 0.15) is 6.10 Å². The lowest BCUT2D eigenvalue weighted by Gasteiger charge is -2.30. The Hall–Kier alpha value is -1.16. The molecule has 4 nitrogen and oxygen atoms in total. The molecule has 1 N–H and O–H groups in total. The summed E-state index contributed by atoms with van der Waals surface area (Å²) in [5, 5.41) is 10.6. The molecule has 0 saturated carbocycles. The molecule has 4 heteroatoms. The van der Waals surface area contributed by atoms with Gasteiger partial charge < -0.3 is 9.84 Å². The Morgan fingerprint density at radius 2 is 1.56 bits per heavy atom. The zero-order valence-electron chi connectivity index (χ0n) is 16.9. The van der Waals surface area contributed by atoms with Gasteiger partial charge in [0.25, 0.3) is 0 Å². The Labute approximate surface area is 153 Å². The van der Waals surface area contributed by atoms with Gasteiger partial charge in [-0.3, -0.25) is 9.59 Å². The molecule has 1 rings (SSSR count). The van der Waals surface area contributed by atoms with Crippen molar-refractivity contribution in [3.8, 4) is 0 Å². The summed E-state index contributed by atoms with van der Waals surface area (Å²) < 4.78 is 5.71. The van der Waals surface area contributed by atoms with Crippen LogP contribution in [-0.4, -0.2) is 29.1 Å².